The summed E-state index contributed by atoms with van der Waals surface area (Å²) in [4.78, 5) is 11.3. The topological polar surface area (TPSA) is 53.1 Å². The van der Waals surface area contributed by atoms with Crippen LogP contribution in [0, 0.1) is 5.92 Å². The van der Waals surface area contributed by atoms with E-state index in [0.717, 1.165) is 37.3 Å². The Morgan fingerprint density at radius 3 is 2.90 bits per heavy atom. The van der Waals surface area contributed by atoms with E-state index in [-0.39, 0.29) is 0 Å². The maximum atomic E-state index is 4.66. The number of nitrogens with zero attached hydrogens (tertiary/aromatic N) is 3. The summed E-state index contributed by atoms with van der Waals surface area (Å²) in [6.07, 6.45) is 8.52. The van der Waals surface area contributed by atoms with E-state index in [1.807, 2.05) is 19.3 Å². The molecule has 2 fully saturated rings. The number of anilines is 2. The first-order valence-corrected chi connectivity index (χ1v) is 7.84. The van der Waals surface area contributed by atoms with Crippen LogP contribution in [0.2, 0.25) is 0 Å². The van der Waals surface area contributed by atoms with E-state index in [4.69, 9.17) is 0 Å². The Morgan fingerprint density at radius 1 is 1.30 bits per heavy atom. The molecule has 3 rings (SSSR count). The largest absolute Gasteiger partial charge is 0.355 e. The second-order valence-electron chi connectivity index (χ2n) is 5.99. The summed E-state index contributed by atoms with van der Waals surface area (Å²) in [5.74, 6) is 2.64. The highest BCUT2D eigenvalue weighted by Crippen LogP contribution is 2.25. The monoisotopic (exact) mass is 275 g/mol. The average molecular weight is 275 g/mol. The van der Waals surface area contributed by atoms with E-state index >= 15 is 0 Å². The molecule has 1 saturated heterocycles. The molecule has 0 aromatic carbocycles. The average Bonchev–Trinajstić information content (AvgIpc) is 3.16. The van der Waals surface area contributed by atoms with Crippen LogP contribution in [0.4, 0.5) is 11.8 Å². The van der Waals surface area contributed by atoms with Gasteiger partial charge in [-0.15, -0.1) is 0 Å². The molecule has 5 nitrogen and oxygen atoms in total. The summed E-state index contributed by atoms with van der Waals surface area (Å²) in [6.45, 7) is 3.13. The first-order chi connectivity index (χ1) is 9.85. The van der Waals surface area contributed by atoms with Crippen molar-refractivity contribution in [3.8, 4) is 0 Å². The van der Waals surface area contributed by atoms with E-state index in [0.29, 0.717) is 6.04 Å². The molecule has 2 heterocycles. The number of hydrogen-bond acceptors (Lipinski definition) is 5. The highest BCUT2D eigenvalue weighted by Gasteiger charge is 2.22. The van der Waals surface area contributed by atoms with Crippen molar-refractivity contribution in [3.63, 3.8) is 0 Å². The van der Waals surface area contributed by atoms with Crippen LogP contribution >= 0.6 is 0 Å². The summed E-state index contributed by atoms with van der Waals surface area (Å²) in [5.41, 5.74) is 0. The lowest BCUT2D eigenvalue weighted by atomic mass is 10.1. The fourth-order valence-corrected chi connectivity index (χ4v) is 3.26. The van der Waals surface area contributed by atoms with Gasteiger partial charge in [0, 0.05) is 31.9 Å². The molecule has 2 N–H and O–H groups in total. The van der Waals surface area contributed by atoms with Gasteiger partial charge in [-0.1, -0.05) is 12.8 Å². The molecule has 1 atom stereocenters. The summed E-state index contributed by atoms with van der Waals surface area (Å²) in [6, 6.07) is 2.60. The molecule has 20 heavy (non-hydrogen) atoms. The minimum absolute atomic E-state index is 0.583. The molecule has 0 spiro atoms. The van der Waals surface area contributed by atoms with Gasteiger partial charge in [0.1, 0.15) is 5.82 Å². The molecule has 1 aliphatic carbocycles. The lowest BCUT2D eigenvalue weighted by Gasteiger charge is -2.18. The number of nitrogens with one attached hydrogen (secondary N) is 2. The predicted octanol–water partition coefficient (Wildman–Crippen LogP) is 1.88. The summed E-state index contributed by atoms with van der Waals surface area (Å²) in [5, 5.41) is 6.75. The summed E-state index contributed by atoms with van der Waals surface area (Å²) >= 11 is 0. The second-order valence-corrected chi connectivity index (χ2v) is 5.99. The van der Waals surface area contributed by atoms with E-state index < -0.39 is 0 Å². The zero-order valence-electron chi connectivity index (χ0n) is 12.3. The van der Waals surface area contributed by atoms with Crippen LogP contribution in [0.1, 0.15) is 32.1 Å². The van der Waals surface area contributed by atoms with Gasteiger partial charge in [-0.2, -0.15) is 4.98 Å². The highest BCUT2D eigenvalue weighted by molar-refractivity contribution is 5.43. The highest BCUT2D eigenvalue weighted by atomic mass is 15.3. The van der Waals surface area contributed by atoms with Crippen LogP contribution in [0.3, 0.4) is 0 Å². The Hall–Kier alpha value is -1.36. The SMILES string of the molecule is CN[C@@H]1CCN(c2ccnc(NCC3CCCC3)n2)C1. The van der Waals surface area contributed by atoms with Gasteiger partial charge in [0.25, 0.3) is 0 Å². The van der Waals surface area contributed by atoms with Crippen molar-refractivity contribution in [1.29, 1.82) is 0 Å². The van der Waals surface area contributed by atoms with Crippen LogP contribution in [-0.2, 0) is 0 Å². The number of likely N-dealkylation sites (N-methyl/N-ethyl adjacent to an activating group) is 1. The van der Waals surface area contributed by atoms with E-state index in [1.54, 1.807) is 0 Å². The Morgan fingerprint density at radius 2 is 2.15 bits per heavy atom. The minimum Gasteiger partial charge on any atom is -0.355 e. The predicted molar refractivity (Wildman–Crippen MR) is 82.2 cm³/mol. The molecule has 1 aromatic rings. The zero-order chi connectivity index (χ0) is 13.8. The normalized spacial score (nSPS) is 23.4. The smallest absolute Gasteiger partial charge is 0.224 e. The Bertz CT molecular complexity index is 430. The molecule has 0 bridgehead atoms. The van der Waals surface area contributed by atoms with Crippen LogP contribution < -0.4 is 15.5 Å². The second kappa shape index (κ2) is 6.39. The van der Waals surface area contributed by atoms with Crippen molar-refractivity contribution >= 4 is 11.8 Å². The zero-order valence-corrected chi connectivity index (χ0v) is 12.3. The van der Waals surface area contributed by atoms with Gasteiger partial charge in [0.05, 0.1) is 0 Å². The van der Waals surface area contributed by atoms with Crippen molar-refractivity contribution in [2.45, 2.75) is 38.1 Å². The Balaban J connectivity index is 1.58. The van der Waals surface area contributed by atoms with Gasteiger partial charge in [-0.05, 0) is 38.3 Å². The van der Waals surface area contributed by atoms with Crippen molar-refractivity contribution in [1.82, 2.24) is 15.3 Å². The molecule has 0 unspecified atom stereocenters. The number of hydrogen-bond donors (Lipinski definition) is 2. The van der Waals surface area contributed by atoms with Crippen molar-refractivity contribution in [2.24, 2.45) is 5.92 Å². The molecule has 2 aliphatic rings. The summed E-state index contributed by atoms with van der Waals surface area (Å²) in [7, 11) is 2.03. The third-order valence-electron chi connectivity index (χ3n) is 4.58. The minimum atomic E-state index is 0.583. The molecule has 5 heteroatoms. The van der Waals surface area contributed by atoms with Crippen molar-refractivity contribution in [2.75, 3.05) is 36.9 Å². The number of aromatic nitrogens is 2. The van der Waals surface area contributed by atoms with Crippen molar-refractivity contribution < 1.29 is 0 Å². The third-order valence-corrected chi connectivity index (χ3v) is 4.58. The van der Waals surface area contributed by atoms with E-state index in [1.165, 1.54) is 32.1 Å². The van der Waals surface area contributed by atoms with Gasteiger partial charge < -0.3 is 15.5 Å². The van der Waals surface area contributed by atoms with Gasteiger partial charge in [-0.3, -0.25) is 0 Å². The van der Waals surface area contributed by atoms with Gasteiger partial charge in [0.2, 0.25) is 5.95 Å². The van der Waals surface area contributed by atoms with Crippen LogP contribution in [-0.4, -0.2) is 42.7 Å². The fourth-order valence-electron chi connectivity index (χ4n) is 3.26. The molecule has 0 amide bonds. The maximum Gasteiger partial charge on any atom is 0.224 e. The standard InChI is InChI=1S/C15H25N5/c1-16-13-7-9-20(11-13)14-6-8-17-15(19-14)18-10-12-4-2-3-5-12/h6,8,12-13,16H,2-5,7,9-11H2,1H3,(H,17,18,19)/t13-/m1/s1. The van der Waals surface area contributed by atoms with Crippen LogP contribution in [0.25, 0.3) is 0 Å². The third kappa shape index (κ3) is 3.20. The Labute approximate surface area is 121 Å². The molecule has 110 valence electrons. The molecular weight excluding hydrogens is 250 g/mol. The van der Waals surface area contributed by atoms with Crippen LogP contribution in [0.15, 0.2) is 12.3 Å². The van der Waals surface area contributed by atoms with Crippen LogP contribution in [0.5, 0.6) is 0 Å². The van der Waals surface area contributed by atoms with Gasteiger partial charge in [0.15, 0.2) is 0 Å². The molecule has 1 aromatic heterocycles. The molecular formula is C15H25N5. The first kappa shape index (κ1) is 13.6. The molecule has 0 radical (unpaired) electrons. The molecule has 1 aliphatic heterocycles. The first-order valence-electron chi connectivity index (χ1n) is 7.84. The Kier molecular flexibility index (Phi) is 4.35. The van der Waals surface area contributed by atoms with E-state index in [2.05, 4.69) is 25.5 Å². The maximum absolute atomic E-state index is 4.66. The van der Waals surface area contributed by atoms with Gasteiger partial charge in [-0.25, -0.2) is 4.98 Å². The lowest BCUT2D eigenvalue weighted by Crippen LogP contribution is -2.30. The fraction of sp³-hybridized carbons (Fsp3) is 0.733. The van der Waals surface area contributed by atoms with E-state index in [9.17, 15) is 0 Å². The molecule has 1 saturated carbocycles. The van der Waals surface area contributed by atoms with Gasteiger partial charge >= 0.3 is 0 Å². The van der Waals surface area contributed by atoms with Crippen molar-refractivity contribution in [3.05, 3.63) is 12.3 Å². The number of rotatable bonds is 5. The summed E-state index contributed by atoms with van der Waals surface area (Å²) < 4.78 is 0. The quantitative estimate of drug-likeness (QED) is 0.859. The lowest BCUT2D eigenvalue weighted by molar-refractivity contribution is 0.577.